The standard InChI is InChI=1S/C23H35ClN4O4/c1-23(2,3)32-22(31)28-16-14-27(15-17-28)13-5-12-25-20(29)6-4-11-26-21(30)18-7-9-19(24)10-8-18/h7-10H,4-6,11-17H2,1-3H3,(H,25,29)(H,26,30). The first-order valence-corrected chi connectivity index (χ1v) is 11.5. The van der Waals surface area contributed by atoms with Crippen molar-refractivity contribution >= 4 is 29.5 Å². The van der Waals surface area contributed by atoms with Crippen LogP contribution in [0, 0.1) is 0 Å². The molecule has 2 N–H and O–H groups in total. The molecule has 1 aromatic rings. The van der Waals surface area contributed by atoms with Crippen LogP contribution in [-0.2, 0) is 9.53 Å². The van der Waals surface area contributed by atoms with Crippen molar-refractivity contribution in [2.45, 2.75) is 45.6 Å². The molecular formula is C23H35ClN4O4. The van der Waals surface area contributed by atoms with Gasteiger partial charge in [-0.2, -0.15) is 0 Å². The third-order valence-corrected chi connectivity index (χ3v) is 5.22. The van der Waals surface area contributed by atoms with E-state index in [2.05, 4.69) is 15.5 Å². The Morgan fingerprint density at radius 3 is 2.22 bits per heavy atom. The Labute approximate surface area is 195 Å². The monoisotopic (exact) mass is 466 g/mol. The highest BCUT2D eigenvalue weighted by molar-refractivity contribution is 6.30. The number of amides is 3. The highest BCUT2D eigenvalue weighted by Crippen LogP contribution is 2.12. The lowest BCUT2D eigenvalue weighted by Crippen LogP contribution is -2.50. The number of carbonyl (C=O) groups is 3. The fraction of sp³-hybridized carbons (Fsp3) is 0.609. The predicted molar refractivity (Wildman–Crippen MR) is 125 cm³/mol. The van der Waals surface area contributed by atoms with E-state index in [0.29, 0.717) is 49.6 Å². The summed E-state index contributed by atoms with van der Waals surface area (Å²) in [6, 6.07) is 6.68. The molecule has 0 unspecified atom stereocenters. The maximum absolute atomic E-state index is 12.1. The molecule has 0 radical (unpaired) electrons. The molecule has 0 spiro atoms. The molecule has 1 aliphatic heterocycles. The zero-order valence-electron chi connectivity index (χ0n) is 19.3. The van der Waals surface area contributed by atoms with Gasteiger partial charge in [0.1, 0.15) is 5.60 Å². The summed E-state index contributed by atoms with van der Waals surface area (Å²) in [6.45, 7) is 10.5. The van der Waals surface area contributed by atoms with Crippen LogP contribution in [0.25, 0.3) is 0 Å². The van der Waals surface area contributed by atoms with Crippen molar-refractivity contribution in [2.75, 3.05) is 45.8 Å². The first kappa shape index (κ1) is 25.9. The quantitative estimate of drug-likeness (QED) is 0.546. The summed E-state index contributed by atoms with van der Waals surface area (Å²) in [6.07, 6.45) is 1.55. The number of piperazine rings is 1. The number of rotatable bonds is 9. The Kier molecular flexibility index (Phi) is 10.3. The van der Waals surface area contributed by atoms with E-state index >= 15 is 0 Å². The van der Waals surface area contributed by atoms with Gasteiger partial charge in [-0.25, -0.2) is 4.79 Å². The summed E-state index contributed by atoms with van der Waals surface area (Å²) in [5, 5.41) is 6.31. The minimum atomic E-state index is -0.477. The summed E-state index contributed by atoms with van der Waals surface area (Å²) in [4.78, 5) is 40.1. The zero-order valence-corrected chi connectivity index (χ0v) is 20.0. The van der Waals surface area contributed by atoms with Gasteiger partial charge in [-0.1, -0.05) is 11.6 Å². The molecule has 3 amide bonds. The number of halogens is 1. The maximum atomic E-state index is 12.1. The van der Waals surface area contributed by atoms with E-state index in [1.807, 2.05) is 20.8 Å². The number of ether oxygens (including phenoxy) is 1. The van der Waals surface area contributed by atoms with Crippen LogP contribution in [0.15, 0.2) is 24.3 Å². The molecule has 1 heterocycles. The van der Waals surface area contributed by atoms with E-state index in [1.54, 1.807) is 29.2 Å². The van der Waals surface area contributed by atoms with E-state index < -0.39 is 5.60 Å². The normalized spacial score (nSPS) is 14.7. The van der Waals surface area contributed by atoms with Gasteiger partial charge in [-0.3, -0.25) is 14.5 Å². The van der Waals surface area contributed by atoms with Gasteiger partial charge in [0.15, 0.2) is 0 Å². The second-order valence-electron chi connectivity index (χ2n) is 8.88. The Morgan fingerprint density at radius 2 is 1.59 bits per heavy atom. The van der Waals surface area contributed by atoms with E-state index in [-0.39, 0.29) is 17.9 Å². The van der Waals surface area contributed by atoms with Crippen molar-refractivity contribution in [3.05, 3.63) is 34.9 Å². The number of nitrogens with zero attached hydrogens (tertiary/aromatic N) is 2. The molecule has 1 aromatic carbocycles. The van der Waals surface area contributed by atoms with Crippen molar-refractivity contribution in [1.29, 1.82) is 0 Å². The first-order chi connectivity index (χ1) is 15.1. The molecule has 9 heteroatoms. The number of hydrogen-bond acceptors (Lipinski definition) is 5. The summed E-state index contributed by atoms with van der Waals surface area (Å²) in [5.74, 6) is -0.186. The Bertz CT molecular complexity index is 756. The topological polar surface area (TPSA) is 91.0 Å². The second kappa shape index (κ2) is 12.6. The van der Waals surface area contributed by atoms with E-state index in [4.69, 9.17) is 16.3 Å². The fourth-order valence-electron chi connectivity index (χ4n) is 3.25. The van der Waals surface area contributed by atoms with Crippen LogP contribution in [0.4, 0.5) is 4.79 Å². The van der Waals surface area contributed by atoms with Gasteiger partial charge < -0.3 is 20.3 Å². The molecule has 1 saturated heterocycles. The zero-order chi connectivity index (χ0) is 23.6. The Balaban J connectivity index is 1.50. The van der Waals surface area contributed by atoms with Crippen molar-refractivity contribution in [3.63, 3.8) is 0 Å². The van der Waals surface area contributed by atoms with Crippen LogP contribution >= 0.6 is 11.6 Å². The molecule has 1 aliphatic rings. The first-order valence-electron chi connectivity index (χ1n) is 11.1. The van der Waals surface area contributed by atoms with Crippen LogP contribution < -0.4 is 10.6 Å². The Morgan fingerprint density at radius 1 is 0.969 bits per heavy atom. The van der Waals surface area contributed by atoms with Gasteiger partial charge in [-0.15, -0.1) is 0 Å². The molecule has 178 valence electrons. The molecular weight excluding hydrogens is 432 g/mol. The summed E-state index contributed by atoms with van der Waals surface area (Å²) < 4.78 is 5.41. The molecule has 0 aliphatic carbocycles. The van der Waals surface area contributed by atoms with Crippen molar-refractivity contribution in [1.82, 2.24) is 20.4 Å². The third-order valence-electron chi connectivity index (χ3n) is 4.97. The van der Waals surface area contributed by atoms with Crippen molar-refractivity contribution in [3.8, 4) is 0 Å². The maximum Gasteiger partial charge on any atom is 0.410 e. The lowest BCUT2D eigenvalue weighted by atomic mass is 10.2. The minimum absolute atomic E-state index is 0.0134. The van der Waals surface area contributed by atoms with Gasteiger partial charge >= 0.3 is 6.09 Å². The van der Waals surface area contributed by atoms with Crippen LogP contribution in [0.3, 0.4) is 0 Å². The number of nitrogens with one attached hydrogen (secondary N) is 2. The summed E-state index contributed by atoms with van der Waals surface area (Å²) in [5.41, 5.74) is 0.0696. The molecule has 1 fully saturated rings. The van der Waals surface area contributed by atoms with Gasteiger partial charge in [0.25, 0.3) is 5.91 Å². The van der Waals surface area contributed by atoms with Crippen LogP contribution in [-0.4, -0.2) is 79.1 Å². The molecule has 8 nitrogen and oxygen atoms in total. The predicted octanol–water partition coefficient (Wildman–Crippen LogP) is 2.91. The second-order valence-corrected chi connectivity index (χ2v) is 9.32. The number of carbonyl (C=O) groups excluding carboxylic acids is 3. The lowest BCUT2D eigenvalue weighted by molar-refractivity contribution is -0.121. The van der Waals surface area contributed by atoms with Crippen molar-refractivity contribution in [2.24, 2.45) is 0 Å². The average molecular weight is 467 g/mol. The summed E-state index contributed by atoms with van der Waals surface area (Å²) in [7, 11) is 0. The third kappa shape index (κ3) is 9.87. The number of benzene rings is 1. The van der Waals surface area contributed by atoms with Crippen LogP contribution in [0.5, 0.6) is 0 Å². The highest BCUT2D eigenvalue weighted by atomic mass is 35.5. The van der Waals surface area contributed by atoms with E-state index in [0.717, 1.165) is 26.1 Å². The Hall–Kier alpha value is -2.32. The van der Waals surface area contributed by atoms with Crippen LogP contribution in [0.2, 0.25) is 5.02 Å². The van der Waals surface area contributed by atoms with Gasteiger partial charge in [-0.05, 0) is 64.4 Å². The van der Waals surface area contributed by atoms with Gasteiger partial charge in [0, 0.05) is 56.3 Å². The smallest absolute Gasteiger partial charge is 0.410 e. The molecule has 2 rings (SSSR count). The van der Waals surface area contributed by atoms with Crippen LogP contribution in [0.1, 0.15) is 50.4 Å². The summed E-state index contributed by atoms with van der Waals surface area (Å²) >= 11 is 5.81. The molecule has 32 heavy (non-hydrogen) atoms. The van der Waals surface area contributed by atoms with Gasteiger partial charge in [0.05, 0.1) is 0 Å². The highest BCUT2D eigenvalue weighted by Gasteiger charge is 2.25. The number of hydrogen-bond donors (Lipinski definition) is 2. The largest absolute Gasteiger partial charge is 0.444 e. The average Bonchev–Trinajstić information content (AvgIpc) is 2.74. The van der Waals surface area contributed by atoms with Crippen molar-refractivity contribution < 1.29 is 19.1 Å². The molecule has 0 aromatic heterocycles. The SMILES string of the molecule is CC(C)(C)OC(=O)N1CCN(CCCNC(=O)CCCNC(=O)c2ccc(Cl)cc2)CC1. The molecule has 0 saturated carbocycles. The van der Waals surface area contributed by atoms with E-state index in [1.165, 1.54) is 0 Å². The lowest BCUT2D eigenvalue weighted by Gasteiger charge is -2.35. The van der Waals surface area contributed by atoms with E-state index in [9.17, 15) is 14.4 Å². The van der Waals surface area contributed by atoms with Gasteiger partial charge in [0.2, 0.25) is 5.91 Å². The minimum Gasteiger partial charge on any atom is -0.444 e. The molecule has 0 atom stereocenters. The molecule has 0 bridgehead atoms. The fourth-order valence-corrected chi connectivity index (χ4v) is 3.38.